The molecule has 20 heavy (non-hydrogen) atoms. The molecule has 0 radical (unpaired) electrons. The molecular formula is C18H22O2. The lowest BCUT2D eigenvalue weighted by atomic mass is 9.59. The van der Waals surface area contributed by atoms with Gasteiger partial charge in [-0.3, -0.25) is 0 Å². The first kappa shape index (κ1) is 12.5. The molecule has 0 spiro atoms. The van der Waals surface area contributed by atoms with Crippen LogP contribution in [0.4, 0.5) is 0 Å². The topological polar surface area (TPSA) is 40.5 Å². The Morgan fingerprint density at radius 2 is 2.05 bits per heavy atom. The van der Waals surface area contributed by atoms with Gasteiger partial charge >= 0.3 is 0 Å². The fourth-order valence-electron chi connectivity index (χ4n) is 4.93. The van der Waals surface area contributed by atoms with Gasteiger partial charge < -0.3 is 10.2 Å². The molecule has 3 aliphatic carbocycles. The van der Waals surface area contributed by atoms with Crippen molar-refractivity contribution < 1.29 is 10.2 Å². The molecule has 2 saturated carbocycles. The largest absolute Gasteiger partial charge is 0.508 e. The van der Waals surface area contributed by atoms with Crippen LogP contribution in [0.3, 0.4) is 0 Å². The van der Waals surface area contributed by atoms with Crippen molar-refractivity contribution in [1.29, 1.82) is 0 Å². The van der Waals surface area contributed by atoms with E-state index in [1.54, 1.807) is 5.57 Å². The normalized spacial score (nSPS) is 38.7. The maximum Gasteiger partial charge on any atom is 0.115 e. The van der Waals surface area contributed by atoms with Crippen LogP contribution in [-0.4, -0.2) is 16.3 Å². The van der Waals surface area contributed by atoms with Crippen molar-refractivity contribution in [3.8, 4) is 5.75 Å². The van der Waals surface area contributed by atoms with Crippen molar-refractivity contribution in [3.05, 3.63) is 41.0 Å². The Hall–Kier alpha value is -1.28. The van der Waals surface area contributed by atoms with Gasteiger partial charge in [0.05, 0.1) is 6.10 Å². The van der Waals surface area contributed by atoms with E-state index in [0.717, 1.165) is 32.1 Å². The molecule has 2 nitrogen and oxygen atoms in total. The van der Waals surface area contributed by atoms with Gasteiger partial charge in [-0.2, -0.15) is 0 Å². The molecule has 1 aromatic carbocycles. The number of aliphatic hydroxyl groups excluding tert-OH is 1. The Morgan fingerprint density at radius 1 is 1.20 bits per heavy atom. The number of phenols is 1. The van der Waals surface area contributed by atoms with Gasteiger partial charge in [-0.1, -0.05) is 24.6 Å². The second-order valence-electron chi connectivity index (χ2n) is 7.03. The lowest BCUT2D eigenvalue weighted by Gasteiger charge is -2.46. The molecule has 4 unspecified atom stereocenters. The number of allylic oxidation sites excluding steroid dienone is 2. The fraction of sp³-hybridized carbons (Fsp3) is 0.556. The molecule has 2 heteroatoms. The highest BCUT2D eigenvalue weighted by molar-refractivity contribution is 5.47. The second-order valence-corrected chi connectivity index (χ2v) is 7.03. The van der Waals surface area contributed by atoms with E-state index < -0.39 is 0 Å². The summed E-state index contributed by atoms with van der Waals surface area (Å²) in [4.78, 5) is 0. The number of fused-ring (bicyclic) bond motifs is 5. The minimum atomic E-state index is -0.129. The first-order valence-electron chi connectivity index (χ1n) is 7.79. The number of hydrogen-bond acceptors (Lipinski definition) is 2. The molecular weight excluding hydrogens is 248 g/mol. The average molecular weight is 270 g/mol. The summed E-state index contributed by atoms with van der Waals surface area (Å²) in [7, 11) is 0. The minimum Gasteiger partial charge on any atom is -0.508 e. The standard InChI is InChI=1S/C18H22O2/c1-18-9-8-14-13-5-3-12(19)10-11(13)2-4-15(14)16(18)6-7-17(18)20/h3-5,10,14,16-17,19-20H,2,6-9H2,1H3. The van der Waals surface area contributed by atoms with E-state index in [2.05, 4.69) is 19.1 Å². The predicted octanol–water partition coefficient (Wildman–Crippen LogP) is 3.53. The number of phenolic OH excluding ortho intramolecular Hbond substituents is 1. The number of aliphatic hydroxyl groups is 1. The molecule has 0 amide bonds. The van der Waals surface area contributed by atoms with Crippen LogP contribution >= 0.6 is 0 Å². The Labute approximate surface area is 120 Å². The predicted molar refractivity (Wildman–Crippen MR) is 78.7 cm³/mol. The van der Waals surface area contributed by atoms with Crippen molar-refractivity contribution in [3.63, 3.8) is 0 Å². The zero-order chi connectivity index (χ0) is 13.9. The quantitative estimate of drug-likeness (QED) is 0.708. The first-order valence-corrected chi connectivity index (χ1v) is 7.79. The Balaban J connectivity index is 1.76. The minimum absolute atomic E-state index is 0.0940. The lowest BCUT2D eigenvalue weighted by molar-refractivity contribution is 0.0267. The van der Waals surface area contributed by atoms with Crippen molar-refractivity contribution in [2.75, 3.05) is 0 Å². The molecule has 0 bridgehead atoms. The maximum atomic E-state index is 10.3. The SMILES string of the molecule is CC12CCC3C(=CCc4cc(O)ccc43)C1CCC2O. The van der Waals surface area contributed by atoms with E-state index in [9.17, 15) is 10.2 Å². The molecule has 0 saturated heterocycles. The summed E-state index contributed by atoms with van der Waals surface area (Å²) in [5, 5.41) is 20.0. The molecule has 0 aliphatic heterocycles. The van der Waals surface area contributed by atoms with Crippen molar-refractivity contribution in [2.45, 2.75) is 51.0 Å². The number of hydrogen-bond donors (Lipinski definition) is 2. The smallest absolute Gasteiger partial charge is 0.115 e. The molecule has 2 fully saturated rings. The molecule has 106 valence electrons. The highest BCUT2D eigenvalue weighted by atomic mass is 16.3. The molecule has 1 aromatic rings. The summed E-state index contributed by atoms with van der Waals surface area (Å²) in [5.74, 6) is 1.44. The third-order valence-corrected chi connectivity index (χ3v) is 6.12. The van der Waals surface area contributed by atoms with E-state index in [1.165, 1.54) is 11.1 Å². The van der Waals surface area contributed by atoms with Crippen LogP contribution in [-0.2, 0) is 6.42 Å². The average Bonchev–Trinajstić information content (AvgIpc) is 2.74. The van der Waals surface area contributed by atoms with Crippen molar-refractivity contribution in [2.24, 2.45) is 11.3 Å². The van der Waals surface area contributed by atoms with Gasteiger partial charge in [0.1, 0.15) is 5.75 Å². The van der Waals surface area contributed by atoms with Gasteiger partial charge in [0, 0.05) is 11.3 Å². The Kier molecular flexibility index (Phi) is 2.56. The summed E-state index contributed by atoms with van der Waals surface area (Å²) in [6.07, 6.45) is 7.51. The Bertz CT molecular complexity index is 589. The van der Waals surface area contributed by atoms with E-state index in [-0.39, 0.29) is 11.5 Å². The van der Waals surface area contributed by atoms with Gasteiger partial charge in [-0.25, -0.2) is 0 Å². The monoisotopic (exact) mass is 270 g/mol. The van der Waals surface area contributed by atoms with Crippen LogP contribution in [0.2, 0.25) is 0 Å². The molecule has 3 aliphatic rings. The summed E-state index contributed by atoms with van der Waals surface area (Å²) >= 11 is 0. The summed E-state index contributed by atoms with van der Waals surface area (Å²) in [5.41, 5.74) is 4.34. The van der Waals surface area contributed by atoms with Gasteiger partial charge in [-0.15, -0.1) is 0 Å². The lowest BCUT2D eigenvalue weighted by Crippen LogP contribution is -2.39. The highest BCUT2D eigenvalue weighted by Gasteiger charge is 2.51. The van der Waals surface area contributed by atoms with Gasteiger partial charge in [0.25, 0.3) is 0 Å². The zero-order valence-corrected chi connectivity index (χ0v) is 12.0. The van der Waals surface area contributed by atoms with Gasteiger partial charge in [0.15, 0.2) is 0 Å². The summed E-state index contributed by atoms with van der Waals surface area (Å²) in [6.45, 7) is 2.28. The number of benzene rings is 1. The molecule has 0 heterocycles. The fourth-order valence-corrected chi connectivity index (χ4v) is 4.93. The van der Waals surface area contributed by atoms with Crippen LogP contribution in [0.25, 0.3) is 0 Å². The van der Waals surface area contributed by atoms with E-state index in [1.807, 2.05) is 12.1 Å². The highest BCUT2D eigenvalue weighted by Crippen LogP contribution is 2.59. The van der Waals surface area contributed by atoms with E-state index in [0.29, 0.717) is 17.6 Å². The molecule has 4 atom stereocenters. The van der Waals surface area contributed by atoms with Crippen LogP contribution in [0.15, 0.2) is 29.8 Å². The first-order chi connectivity index (χ1) is 9.59. The molecule has 0 aromatic heterocycles. The zero-order valence-electron chi connectivity index (χ0n) is 12.0. The van der Waals surface area contributed by atoms with Crippen LogP contribution < -0.4 is 0 Å². The number of aromatic hydroxyl groups is 1. The van der Waals surface area contributed by atoms with Crippen LogP contribution in [0.1, 0.15) is 49.7 Å². The van der Waals surface area contributed by atoms with Crippen molar-refractivity contribution in [1.82, 2.24) is 0 Å². The van der Waals surface area contributed by atoms with Crippen LogP contribution in [0, 0.1) is 11.3 Å². The Morgan fingerprint density at radius 3 is 2.90 bits per heavy atom. The maximum absolute atomic E-state index is 10.3. The van der Waals surface area contributed by atoms with Crippen LogP contribution in [0.5, 0.6) is 5.75 Å². The third-order valence-electron chi connectivity index (χ3n) is 6.12. The molecule has 4 rings (SSSR count). The van der Waals surface area contributed by atoms with Crippen molar-refractivity contribution >= 4 is 0 Å². The summed E-state index contributed by atoms with van der Waals surface area (Å²) < 4.78 is 0. The van der Waals surface area contributed by atoms with E-state index >= 15 is 0 Å². The second kappa shape index (κ2) is 4.11. The third kappa shape index (κ3) is 1.54. The van der Waals surface area contributed by atoms with E-state index in [4.69, 9.17) is 0 Å². The number of rotatable bonds is 0. The molecule has 2 N–H and O–H groups in total. The summed E-state index contributed by atoms with van der Waals surface area (Å²) in [6, 6.07) is 5.84. The van der Waals surface area contributed by atoms with Gasteiger partial charge in [-0.05, 0) is 61.3 Å². The van der Waals surface area contributed by atoms with Gasteiger partial charge in [0.2, 0.25) is 0 Å².